The Morgan fingerprint density at radius 3 is 2.38 bits per heavy atom. The molecule has 2 aromatic carbocycles. The molecule has 1 aromatic heterocycles. The molecule has 0 bridgehead atoms. The first kappa shape index (κ1) is 16.2. The van der Waals surface area contributed by atoms with E-state index in [9.17, 15) is 4.79 Å². The third kappa shape index (κ3) is 2.59. The molecule has 0 spiro atoms. The van der Waals surface area contributed by atoms with Gasteiger partial charge in [0.2, 0.25) is 6.34 Å². The van der Waals surface area contributed by atoms with Crippen molar-refractivity contribution in [1.29, 1.82) is 0 Å². The summed E-state index contributed by atoms with van der Waals surface area (Å²) >= 11 is 0. The second-order valence-electron chi connectivity index (χ2n) is 6.25. The summed E-state index contributed by atoms with van der Waals surface area (Å²) in [5.41, 5.74) is 3.84. The van der Waals surface area contributed by atoms with Crippen LogP contribution in [0.25, 0.3) is 0 Å². The van der Waals surface area contributed by atoms with Gasteiger partial charge in [-0.3, -0.25) is 0 Å². The minimum atomic E-state index is -0.127. The lowest BCUT2D eigenvalue weighted by Gasteiger charge is -2.27. The van der Waals surface area contributed by atoms with Crippen LogP contribution in [0.3, 0.4) is 0 Å². The average molecular weight is 343 g/mol. The first-order valence-corrected chi connectivity index (χ1v) is 8.48. The highest BCUT2D eigenvalue weighted by Crippen LogP contribution is 2.35. The van der Waals surface area contributed by atoms with Gasteiger partial charge in [-0.15, -0.1) is 4.48 Å². The van der Waals surface area contributed by atoms with E-state index in [0.717, 1.165) is 17.1 Å². The first-order chi connectivity index (χ1) is 12.7. The van der Waals surface area contributed by atoms with Crippen molar-refractivity contribution in [3.8, 4) is 0 Å². The molecule has 1 amide bonds. The monoisotopic (exact) mass is 343 g/mol. The number of hydrogen-bond donors (Lipinski definition) is 0. The number of para-hydroxylation sites is 1. The predicted molar refractivity (Wildman–Crippen MR) is 103 cm³/mol. The molecule has 0 radical (unpaired) electrons. The third-order valence-electron chi connectivity index (χ3n) is 4.74. The number of allylic oxidation sites excluding steroid dienone is 2. The molecule has 0 fully saturated rings. The van der Waals surface area contributed by atoms with Gasteiger partial charge in [-0.25, -0.2) is 19.3 Å². The van der Waals surface area contributed by atoms with Crippen LogP contribution in [0.1, 0.15) is 12.5 Å². The lowest BCUT2D eigenvalue weighted by Crippen LogP contribution is -2.52. The zero-order valence-electron chi connectivity index (χ0n) is 14.5. The highest BCUT2D eigenvalue weighted by Gasteiger charge is 2.46. The van der Waals surface area contributed by atoms with Gasteiger partial charge < -0.3 is 0 Å². The Bertz CT molecular complexity index is 975. The van der Waals surface area contributed by atoms with Gasteiger partial charge in [0, 0.05) is 37.9 Å². The summed E-state index contributed by atoms with van der Waals surface area (Å²) in [7, 11) is 0. The standard InChI is InChI=1S/C21H19N4O/c1-17-20(14-18-8-4-2-5-9-18)23-16-25(17,19-10-6-3-7-11-19)21(26)24-13-12-22-15-24/h2-13,15-16H,14H2,1H3/q+1. The number of rotatable bonds is 3. The fourth-order valence-electron chi connectivity index (χ4n) is 3.28. The van der Waals surface area contributed by atoms with Gasteiger partial charge in [0.25, 0.3) is 0 Å². The van der Waals surface area contributed by atoms with Crippen molar-refractivity contribution in [2.24, 2.45) is 4.99 Å². The molecule has 1 aliphatic rings. The van der Waals surface area contributed by atoms with Crippen LogP contribution in [0.15, 0.2) is 95.8 Å². The molecule has 5 nitrogen and oxygen atoms in total. The van der Waals surface area contributed by atoms with E-state index < -0.39 is 0 Å². The topological polar surface area (TPSA) is 47.2 Å². The Kier molecular flexibility index (Phi) is 4.07. The first-order valence-electron chi connectivity index (χ1n) is 8.48. The van der Waals surface area contributed by atoms with E-state index in [1.165, 1.54) is 16.5 Å². The van der Waals surface area contributed by atoms with Crippen LogP contribution in [-0.2, 0) is 6.42 Å². The van der Waals surface area contributed by atoms with E-state index in [1.807, 2.05) is 55.5 Å². The Hall–Kier alpha value is -3.31. The number of aliphatic imine (C=N–C) groups is 1. The van der Waals surface area contributed by atoms with Crippen LogP contribution in [0.5, 0.6) is 0 Å². The van der Waals surface area contributed by atoms with Crippen molar-refractivity contribution < 1.29 is 4.79 Å². The average Bonchev–Trinajstić information content (AvgIpc) is 3.33. The van der Waals surface area contributed by atoms with Gasteiger partial charge in [-0.2, -0.15) is 0 Å². The van der Waals surface area contributed by atoms with Crippen molar-refractivity contribution in [3.05, 3.63) is 96.3 Å². The van der Waals surface area contributed by atoms with Crippen LogP contribution in [0.4, 0.5) is 10.5 Å². The number of aromatic nitrogens is 2. The van der Waals surface area contributed by atoms with Crippen molar-refractivity contribution in [2.45, 2.75) is 13.3 Å². The Morgan fingerprint density at radius 1 is 1.04 bits per heavy atom. The van der Waals surface area contributed by atoms with E-state index in [2.05, 4.69) is 22.1 Å². The molecule has 3 aromatic rings. The summed E-state index contributed by atoms with van der Waals surface area (Å²) in [5, 5.41) is 0. The number of benzene rings is 2. The molecule has 0 N–H and O–H groups in total. The maximum atomic E-state index is 13.4. The summed E-state index contributed by atoms with van der Waals surface area (Å²) in [6.45, 7) is 1.98. The van der Waals surface area contributed by atoms with Crippen LogP contribution < -0.4 is 4.48 Å². The Balaban J connectivity index is 1.82. The van der Waals surface area contributed by atoms with Gasteiger partial charge in [0.1, 0.15) is 17.7 Å². The molecule has 4 rings (SSSR count). The van der Waals surface area contributed by atoms with E-state index >= 15 is 0 Å². The molecule has 0 aliphatic carbocycles. The minimum absolute atomic E-state index is 0.0562. The van der Waals surface area contributed by atoms with Crippen molar-refractivity contribution >= 4 is 18.1 Å². The molecule has 26 heavy (non-hydrogen) atoms. The maximum absolute atomic E-state index is 13.4. The number of quaternary nitrogens is 1. The second kappa shape index (κ2) is 6.54. The van der Waals surface area contributed by atoms with Gasteiger partial charge in [-0.1, -0.05) is 48.5 Å². The van der Waals surface area contributed by atoms with Crippen LogP contribution >= 0.6 is 0 Å². The number of nitrogens with zero attached hydrogens (tertiary/aromatic N) is 4. The van der Waals surface area contributed by atoms with Gasteiger partial charge in [0.15, 0.2) is 5.69 Å². The molecule has 0 saturated heterocycles. The van der Waals surface area contributed by atoms with Crippen molar-refractivity contribution in [3.63, 3.8) is 0 Å². The van der Waals surface area contributed by atoms with Crippen molar-refractivity contribution in [2.75, 3.05) is 0 Å². The summed E-state index contributed by atoms with van der Waals surface area (Å²) in [5.74, 6) is 0. The van der Waals surface area contributed by atoms with E-state index in [4.69, 9.17) is 0 Å². The van der Waals surface area contributed by atoms with E-state index in [1.54, 1.807) is 18.7 Å². The zero-order chi connectivity index (χ0) is 18.0. The summed E-state index contributed by atoms with van der Waals surface area (Å²) in [4.78, 5) is 22.1. The molecule has 1 atom stereocenters. The summed E-state index contributed by atoms with van der Waals surface area (Å²) in [6, 6.07) is 19.8. The van der Waals surface area contributed by atoms with Gasteiger partial charge >= 0.3 is 6.03 Å². The largest absolute Gasteiger partial charge is 0.444 e. The molecule has 128 valence electrons. The van der Waals surface area contributed by atoms with Gasteiger partial charge in [-0.05, 0) is 5.56 Å². The van der Waals surface area contributed by atoms with Crippen LogP contribution in [0, 0.1) is 0 Å². The molecule has 2 heterocycles. The molecular weight excluding hydrogens is 324 g/mol. The number of imidazole rings is 1. The van der Waals surface area contributed by atoms with Crippen molar-refractivity contribution in [1.82, 2.24) is 14.0 Å². The van der Waals surface area contributed by atoms with E-state index in [-0.39, 0.29) is 10.5 Å². The fourth-order valence-corrected chi connectivity index (χ4v) is 3.28. The highest BCUT2D eigenvalue weighted by atomic mass is 16.2. The van der Waals surface area contributed by atoms with Crippen LogP contribution in [-0.4, -0.2) is 21.9 Å². The molecule has 1 unspecified atom stereocenters. The number of amides is 1. The number of carbonyl (C=O) groups is 1. The molecule has 1 aliphatic heterocycles. The molecule has 5 heteroatoms. The molecular formula is C21H19N4O+. The minimum Gasteiger partial charge on any atom is -0.245 e. The quantitative estimate of drug-likeness (QED) is 0.663. The van der Waals surface area contributed by atoms with E-state index in [0.29, 0.717) is 6.42 Å². The zero-order valence-corrected chi connectivity index (χ0v) is 14.5. The SMILES string of the molecule is CC1=C(Cc2ccccc2)N=C[N+]1(C(=O)n1ccnc1)c1ccccc1. The third-order valence-corrected chi connectivity index (χ3v) is 4.74. The normalized spacial score (nSPS) is 19.1. The molecule has 0 saturated carbocycles. The van der Waals surface area contributed by atoms with Gasteiger partial charge in [0.05, 0.1) is 0 Å². The maximum Gasteiger partial charge on any atom is 0.444 e. The van der Waals surface area contributed by atoms with Crippen LogP contribution in [0.2, 0.25) is 0 Å². The fraction of sp³-hybridized carbons (Fsp3) is 0.0952. The lowest BCUT2D eigenvalue weighted by molar-refractivity contribution is 0.230. The second-order valence-corrected chi connectivity index (χ2v) is 6.25. The lowest BCUT2D eigenvalue weighted by atomic mass is 10.1. The summed E-state index contributed by atoms with van der Waals surface area (Å²) in [6.07, 6.45) is 7.22. The predicted octanol–water partition coefficient (Wildman–Crippen LogP) is 4.37. The summed E-state index contributed by atoms with van der Waals surface area (Å²) < 4.78 is 1.45. The number of hydrogen-bond acceptors (Lipinski definition) is 3. The highest BCUT2D eigenvalue weighted by molar-refractivity contribution is 6.06. The smallest absolute Gasteiger partial charge is 0.245 e. The number of carbonyl (C=O) groups excluding carboxylic acids is 1. The Labute approximate surface area is 152 Å². The Morgan fingerprint density at radius 2 is 1.73 bits per heavy atom.